The number of alkyl halides is 2. The van der Waals surface area contributed by atoms with E-state index in [1.165, 1.54) is 24.1 Å². The van der Waals surface area contributed by atoms with Crippen molar-refractivity contribution < 1.29 is 3.63 Å². The fourth-order valence-electron chi connectivity index (χ4n) is 0.131. The molecule has 0 N–H and O–H groups in total. The summed E-state index contributed by atoms with van der Waals surface area (Å²) in [5.74, 6) is 0. The minimum absolute atomic E-state index is 0.0204. The molecule has 0 spiro atoms. The number of hydrogen-bond acceptors (Lipinski definition) is 3. The van der Waals surface area contributed by atoms with Gasteiger partial charge in [0, 0.05) is 24.1 Å². The quantitative estimate of drug-likeness (QED) is 0.516. The zero-order valence-electron chi connectivity index (χ0n) is 5.14. The van der Waals surface area contributed by atoms with E-state index in [-0.39, 0.29) is 9.42 Å². The molecule has 0 radical (unpaired) electrons. The van der Waals surface area contributed by atoms with Crippen molar-refractivity contribution in [1.82, 2.24) is 0 Å². The zero-order chi connectivity index (χ0) is 7.28. The summed E-state index contributed by atoms with van der Waals surface area (Å²) in [6.07, 6.45) is 0. The van der Waals surface area contributed by atoms with E-state index in [1.54, 1.807) is 0 Å². The Hall–Kier alpha value is 1.24. The molecule has 0 saturated carbocycles. The highest BCUT2D eigenvalue weighted by molar-refractivity contribution is 8.09. The Morgan fingerprint density at radius 2 is 1.44 bits per heavy atom. The fraction of sp³-hybridized carbons (Fsp3) is 1.00. The van der Waals surface area contributed by atoms with Crippen molar-refractivity contribution in [3.63, 3.8) is 0 Å². The van der Waals surface area contributed by atoms with Crippen LogP contribution in [0.3, 0.4) is 0 Å². The summed E-state index contributed by atoms with van der Waals surface area (Å²) in [5.41, 5.74) is 0. The van der Waals surface area contributed by atoms with E-state index in [4.69, 9.17) is 26.8 Å². The second-order valence-corrected chi connectivity index (χ2v) is 5.52. The summed E-state index contributed by atoms with van der Waals surface area (Å²) >= 11 is 13.5. The lowest BCUT2D eigenvalue weighted by Gasteiger charge is -2.02. The summed E-state index contributed by atoms with van der Waals surface area (Å²) < 4.78 is 4.89. The van der Waals surface area contributed by atoms with E-state index < -0.39 is 0 Å². The van der Waals surface area contributed by atoms with Crippen LogP contribution in [0.2, 0.25) is 0 Å². The molecular formula is C4H8Cl2OS2. The molecule has 0 heterocycles. The largest absolute Gasteiger partial charge is 0.244 e. The van der Waals surface area contributed by atoms with E-state index >= 15 is 0 Å². The molecule has 0 aromatic heterocycles. The number of hydrogen-bond donors (Lipinski definition) is 0. The Bertz CT molecular complexity index is 61.6. The van der Waals surface area contributed by atoms with Gasteiger partial charge in [-0.25, -0.2) is 3.63 Å². The summed E-state index contributed by atoms with van der Waals surface area (Å²) in [6.45, 7) is 3.68. The summed E-state index contributed by atoms with van der Waals surface area (Å²) in [5, 5.41) is 0. The average Bonchev–Trinajstić information content (AvgIpc) is 1.63. The Morgan fingerprint density at radius 1 is 1.11 bits per heavy atom. The van der Waals surface area contributed by atoms with Crippen LogP contribution in [0.25, 0.3) is 0 Å². The molecule has 0 bridgehead atoms. The monoisotopic (exact) mass is 206 g/mol. The van der Waals surface area contributed by atoms with Gasteiger partial charge in [0.05, 0.1) is 0 Å². The maximum Gasteiger partial charge on any atom is 0.103 e. The first-order chi connectivity index (χ1) is 4.13. The molecule has 2 unspecified atom stereocenters. The normalized spacial score (nSPS) is 17.3. The minimum Gasteiger partial charge on any atom is -0.244 e. The molecule has 0 amide bonds. The van der Waals surface area contributed by atoms with Crippen LogP contribution < -0.4 is 0 Å². The van der Waals surface area contributed by atoms with Crippen LogP contribution >= 0.6 is 47.3 Å². The Morgan fingerprint density at radius 3 is 1.67 bits per heavy atom. The number of rotatable bonds is 4. The highest BCUT2D eigenvalue weighted by Gasteiger charge is 2.00. The third kappa shape index (κ3) is 9.24. The van der Waals surface area contributed by atoms with Crippen LogP contribution in [0.1, 0.15) is 13.8 Å². The third-order valence-electron chi connectivity index (χ3n) is 0.344. The van der Waals surface area contributed by atoms with Gasteiger partial charge >= 0.3 is 0 Å². The van der Waals surface area contributed by atoms with Gasteiger partial charge in [0.15, 0.2) is 0 Å². The van der Waals surface area contributed by atoms with Gasteiger partial charge in [-0.1, -0.05) is 0 Å². The van der Waals surface area contributed by atoms with Crippen LogP contribution in [-0.4, -0.2) is 9.42 Å². The van der Waals surface area contributed by atoms with Crippen molar-refractivity contribution in [3.05, 3.63) is 0 Å². The molecule has 1 nitrogen and oxygen atoms in total. The van der Waals surface area contributed by atoms with E-state index in [2.05, 4.69) is 0 Å². The van der Waals surface area contributed by atoms with E-state index in [1.807, 2.05) is 13.8 Å². The summed E-state index contributed by atoms with van der Waals surface area (Å²) in [4.78, 5) is 0. The van der Waals surface area contributed by atoms with Crippen LogP contribution in [-0.2, 0) is 3.63 Å². The van der Waals surface area contributed by atoms with Crippen molar-refractivity contribution in [3.8, 4) is 0 Å². The van der Waals surface area contributed by atoms with E-state index in [0.717, 1.165) is 0 Å². The Kier molecular flexibility index (Phi) is 6.81. The predicted octanol–water partition coefficient (Wildman–Crippen LogP) is 3.47. The van der Waals surface area contributed by atoms with Crippen molar-refractivity contribution >= 4 is 47.3 Å². The number of halogens is 2. The first-order valence-electron chi connectivity index (χ1n) is 2.40. The molecule has 0 aromatic carbocycles. The molecule has 5 heteroatoms. The molecule has 0 fully saturated rings. The van der Waals surface area contributed by atoms with Gasteiger partial charge in [-0.2, -0.15) is 0 Å². The molecular weight excluding hydrogens is 199 g/mol. The van der Waals surface area contributed by atoms with Crippen LogP contribution in [0.4, 0.5) is 0 Å². The van der Waals surface area contributed by atoms with Gasteiger partial charge in [0.25, 0.3) is 0 Å². The summed E-state index contributed by atoms with van der Waals surface area (Å²) in [7, 11) is 0. The van der Waals surface area contributed by atoms with E-state index in [9.17, 15) is 0 Å². The van der Waals surface area contributed by atoms with Crippen molar-refractivity contribution in [1.29, 1.82) is 0 Å². The predicted molar refractivity (Wildman–Crippen MR) is 46.9 cm³/mol. The van der Waals surface area contributed by atoms with Crippen molar-refractivity contribution in [2.75, 3.05) is 0 Å². The highest BCUT2D eigenvalue weighted by atomic mass is 35.5. The van der Waals surface area contributed by atoms with Gasteiger partial charge in [-0.15, -0.1) is 23.2 Å². The molecule has 0 aliphatic carbocycles. The van der Waals surface area contributed by atoms with E-state index in [0.29, 0.717) is 0 Å². The lowest BCUT2D eigenvalue weighted by Crippen LogP contribution is -1.84. The Labute approximate surface area is 74.2 Å². The van der Waals surface area contributed by atoms with Crippen molar-refractivity contribution in [2.45, 2.75) is 23.3 Å². The standard InChI is InChI=1S/C4H8Cl2OS2/c1-3(5)8-7-9-4(2)6/h3-4H,1-2H3. The maximum atomic E-state index is 5.54. The van der Waals surface area contributed by atoms with Gasteiger partial charge in [0.1, 0.15) is 9.42 Å². The fourth-order valence-corrected chi connectivity index (χ4v) is 1.71. The highest BCUT2D eigenvalue weighted by Crippen LogP contribution is 2.26. The lowest BCUT2D eigenvalue weighted by molar-refractivity contribution is 0.753. The maximum absolute atomic E-state index is 5.54. The van der Waals surface area contributed by atoms with Gasteiger partial charge < -0.3 is 0 Å². The second kappa shape index (κ2) is 5.98. The Balaban J connectivity index is 2.91. The SMILES string of the molecule is CC(Cl)SOSC(C)Cl. The smallest absolute Gasteiger partial charge is 0.103 e. The van der Waals surface area contributed by atoms with Gasteiger partial charge in [0.2, 0.25) is 0 Å². The molecule has 0 aliphatic rings. The van der Waals surface area contributed by atoms with Crippen molar-refractivity contribution in [2.24, 2.45) is 0 Å². The van der Waals surface area contributed by atoms with Gasteiger partial charge in [-0.3, -0.25) is 0 Å². The molecule has 0 rings (SSSR count). The topological polar surface area (TPSA) is 9.23 Å². The van der Waals surface area contributed by atoms with Gasteiger partial charge in [-0.05, 0) is 13.8 Å². The molecule has 0 aliphatic heterocycles. The molecule has 2 atom stereocenters. The molecule has 9 heavy (non-hydrogen) atoms. The zero-order valence-corrected chi connectivity index (χ0v) is 8.28. The molecule has 0 saturated heterocycles. The second-order valence-electron chi connectivity index (χ2n) is 1.35. The lowest BCUT2D eigenvalue weighted by atomic mass is 11.0. The average molecular weight is 207 g/mol. The first kappa shape index (κ1) is 10.2. The summed E-state index contributed by atoms with van der Waals surface area (Å²) in [6, 6.07) is 0. The van der Waals surface area contributed by atoms with Crippen LogP contribution in [0.15, 0.2) is 0 Å². The molecule has 56 valence electrons. The third-order valence-corrected chi connectivity index (χ3v) is 1.94. The first-order valence-corrected chi connectivity index (χ1v) is 4.88. The minimum atomic E-state index is -0.0204. The molecule has 0 aromatic rings. The van der Waals surface area contributed by atoms with Crippen LogP contribution in [0.5, 0.6) is 0 Å². The van der Waals surface area contributed by atoms with Crippen LogP contribution in [0, 0.1) is 0 Å².